The van der Waals surface area contributed by atoms with Crippen LogP contribution in [0.4, 0.5) is 5.82 Å². The Kier molecular flexibility index (Phi) is 5.25. The highest BCUT2D eigenvalue weighted by Gasteiger charge is 2.18. The van der Waals surface area contributed by atoms with Crippen LogP contribution in [0, 0.1) is 6.92 Å². The molecular weight excluding hydrogens is 350 g/mol. The van der Waals surface area contributed by atoms with Gasteiger partial charge in [-0.05, 0) is 31.2 Å². The lowest BCUT2D eigenvalue weighted by atomic mass is 10.2. The van der Waals surface area contributed by atoms with Crippen molar-refractivity contribution in [3.63, 3.8) is 0 Å². The summed E-state index contributed by atoms with van der Waals surface area (Å²) in [4.78, 5) is 12.8. The minimum absolute atomic E-state index is 0.182. The number of rotatable bonds is 6. The van der Waals surface area contributed by atoms with Crippen LogP contribution in [-0.4, -0.2) is 42.6 Å². The Morgan fingerprint density at radius 3 is 2.33 bits per heavy atom. The van der Waals surface area contributed by atoms with Crippen molar-refractivity contribution in [1.82, 2.24) is 9.97 Å². The van der Waals surface area contributed by atoms with Gasteiger partial charge in [0, 0.05) is 11.3 Å². The SMILES string of the molecule is COc1cc(-c2nc(/C=N/c3cccc(C)n3)c(O)o2)cc(OC)c1OC. The van der Waals surface area contributed by atoms with E-state index in [0.29, 0.717) is 28.6 Å². The third kappa shape index (κ3) is 3.84. The summed E-state index contributed by atoms with van der Waals surface area (Å²) in [6.07, 6.45) is 1.39. The Labute approximate surface area is 156 Å². The summed E-state index contributed by atoms with van der Waals surface area (Å²) in [6, 6.07) is 8.82. The van der Waals surface area contributed by atoms with E-state index >= 15 is 0 Å². The predicted molar refractivity (Wildman–Crippen MR) is 99.5 cm³/mol. The third-order valence-electron chi connectivity index (χ3n) is 3.74. The molecule has 8 heteroatoms. The first kappa shape index (κ1) is 18.2. The molecule has 0 radical (unpaired) electrons. The van der Waals surface area contributed by atoms with E-state index < -0.39 is 0 Å². The van der Waals surface area contributed by atoms with Gasteiger partial charge in [-0.1, -0.05) is 6.07 Å². The highest BCUT2D eigenvalue weighted by atomic mass is 16.5. The van der Waals surface area contributed by atoms with Crippen molar-refractivity contribution in [3.8, 4) is 34.6 Å². The molecule has 1 N–H and O–H groups in total. The average Bonchev–Trinajstić information content (AvgIpc) is 3.05. The highest BCUT2D eigenvalue weighted by molar-refractivity contribution is 5.82. The van der Waals surface area contributed by atoms with Crippen molar-refractivity contribution in [1.29, 1.82) is 0 Å². The van der Waals surface area contributed by atoms with E-state index in [-0.39, 0.29) is 17.5 Å². The molecule has 0 bridgehead atoms. The zero-order valence-electron chi connectivity index (χ0n) is 15.4. The number of hydrogen-bond acceptors (Lipinski definition) is 8. The number of aromatic hydroxyl groups is 1. The number of hydrogen-bond donors (Lipinski definition) is 1. The topological polar surface area (TPSA) is 99.2 Å². The number of aryl methyl sites for hydroxylation is 1. The first-order valence-electron chi connectivity index (χ1n) is 8.03. The van der Waals surface area contributed by atoms with Gasteiger partial charge in [0.2, 0.25) is 11.6 Å². The van der Waals surface area contributed by atoms with Crippen LogP contribution in [0.5, 0.6) is 23.2 Å². The molecule has 3 rings (SSSR count). The molecule has 2 heterocycles. The van der Waals surface area contributed by atoms with Gasteiger partial charge in [0.25, 0.3) is 0 Å². The molecule has 140 valence electrons. The van der Waals surface area contributed by atoms with E-state index in [1.165, 1.54) is 27.5 Å². The van der Waals surface area contributed by atoms with Crippen molar-refractivity contribution in [2.75, 3.05) is 21.3 Å². The second kappa shape index (κ2) is 7.77. The summed E-state index contributed by atoms with van der Waals surface area (Å²) < 4.78 is 21.3. The summed E-state index contributed by atoms with van der Waals surface area (Å²) in [6.45, 7) is 1.87. The summed E-state index contributed by atoms with van der Waals surface area (Å²) in [5, 5.41) is 10.1. The zero-order valence-corrected chi connectivity index (χ0v) is 15.4. The monoisotopic (exact) mass is 369 g/mol. The van der Waals surface area contributed by atoms with E-state index in [9.17, 15) is 5.11 Å². The minimum Gasteiger partial charge on any atom is -0.493 e. The standard InChI is InChI=1S/C19H19N3O5/c1-11-6-5-7-16(21-11)20-10-13-19(23)27-18(22-13)12-8-14(24-2)17(26-4)15(9-12)25-3/h5-10,23H,1-4H3/b20-10+. The number of ether oxygens (including phenoxy) is 3. The fourth-order valence-electron chi connectivity index (χ4n) is 2.46. The number of pyridine rings is 1. The number of aliphatic imine (C=N–C) groups is 1. The molecule has 0 spiro atoms. The fraction of sp³-hybridized carbons (Fsp3) is 0.211. The molecule has 0 aliphatic rings. The number of oxazole rings is 1. The molecular formula is C19H19N3O5. The summed E-state index contributed by atoms with van der Waals surface area (Å²) in [5.41, 5.74) is 1.57. The number of methoxy groups -OCH3 is 3. The first-order valence-corrected chi connectivity index (χ1v) is 8.03. The zero-order chi connectivity index (χ0) is 19.4. The molecule has 2 aromatic heterocycles. The number of nitrogens with zero attached hydrogens (tertiary/aromatic N) is 3. The molecule has 27 heavy (non-hydrogen) atoms. The van der Waals surface area contributed by atoms with E-state index in [4.69, 9.17) is 18.6 Å². The average molecular weight is 369 g/mol. The van der Waals surface area contributed by atoms with Crippen molar-refractivity contribution >= 4 is 12.0 Å². The summed E-state index contributed by atoms with van der Waals surface area (Å²) in [7, 11) is 4.55. The third-order valence-corrected chi connectivity index (χ3v) is 3.74. The summed E-state index contributed by atoms with van der Waals surface area (Å²) >= 11 is 0. The van der Waals surface area contributed by atoms with Crippen LogP contribution in [0.3, 0.4) is 0 Å². The lowest BCUT2D eigenvalue weighted by Gasteiger charge is -2.12. The maximum Gasteiger partial charge on any atom is 0.312 e. The minimum atomic E-state index is -0.352. The Balaban J connectivity index is 1.96. The molecule has 0 fully saturated rings. The van der Waals surface area contributed by atoms with Gasteiger partial charge in [-0.3, -0.25) is 0 Å². The van der Waals surface area contributed by atoms with Gasteiger partial charge >= 0.3 is 5.95 Å². The van der Waals surface area contributed by atoms with Gasteiger partial charge in [-0.25, -0.2) is 15.0 Å². The van der Waals surface area contributed by atoms with Gasteiger partial charge < -0.3 is 23.7 Å². The molecule has 1 aromatic carbocycles. The van der Waals surface area contributed by atoms with Gasteiger partial charge in [0.05, 0.1) is 27.5 Å². The molecule has 0 atom stereocenters. The predicted octanol–water partition coefficient (Wildman–Crippen LogP) is 3.53. The molecule has 0 unspecified atom stereocenters. The quantitative estimate of drug-likeness (QED) is 0.664. The molecule has 0 saturated heterocycles. The Morgan fingerprint density at radius 2 is 1.74 bits per heavy atom. The van der Waals surface area contributed by atoms with E-state index in [1.54, 1.807) is 18.2 Å². The van der Waals surface area contributed by atoms with Crippen LogP contribution in [0.1, 0.15) is 11.4 Å². The molecule has 0 saturated carbocycles. The molecule has 0 amide bonds. The van der Waals surface area contributed by atoms with Crippen molar-refractivity contribution in [3.05, 3.63) is 41.7 Å². The van der Waals surface area contributed by atoms with Crippen LogP contribution < -0.4 is 14.2 Å². The van der Waals surface area contributed by atoms with E-state index in [1.807, 2.05) is 19.1 Å². The Hall–Kier alpha value is -3.55. The van der Waals surface area contributed by atoms with Crippen molar-refractivity contribution in [2.24, 2.45) is 4.99 Å². The maximum absolute atomic E-state index is 10.1. The van der Waals surface area contributed by atoms with Crippen molar-refractivity contribution in [2.45, 2.75) is 6.92 Å². The summed E-state index contributed by atoms with van der Waals surface area (Å²) in [5.74, 6) is 1.69. The second-order valence-corrected chi connectivity index (χ2v) is 5.52. The van der Waals surface area contributed by atoms with Crippen molar-refractivity contribution < 1.29 is 23.7 Å². The largest absolute Gasteiger partial charge is 0.493 e. The smallest absolute Gasteiger partial charge is 0.312 e. The van der Waals surface area contributed by atoms with Gasteiger partial charge in [0.15, 0.2) is 23.0 Å². The number of benzene rings is 1. The maximum atomic E-state index is 10.1. The second-order valence-electron chi connectivity index (χ2n) is 5.52. The Morgan fingerprint density at radius 1 is 1.04 bits per heavy atom. The molecule has 8 nitrogen and oxygen atoms in total. The van der Waals surface area contributed by atoms with Gasteiger partial charge in [-0.15, -0.1) is 0 Å². The highest BCUT2D eigenvalue weighted by Crippen LogP contribution is 2.41. The van der Waals surface area contributed by atoms with Crippen LogP contribution in [0.25, 0.3) is 11.5 Å². The fourth-order valence-corrected chi connectivity index (χ4v) is 2.46. The molecule has 3 aromatic rings. The van der Waals surface area contributed by atoms with Crippen LogP contribution in [0.2, 0.25) is 0 Å². The normalized spacial score (nSPS) is 11.0. The first-order chi connectivity index (χ1) is 13.0. The lowest BCUT2D eigenvalue weighted by Crippen LogP contribution is -1.95. The van der Waals surface area contributed by atoms with Crippen LogP contribution in [0.15, 0.2) is 39.7 Å². The van der Waals surface area contributed by atoms with Gasteiger partial charge in [-0.2, -0.15) is 0 Å². The Bertz CT molecular complexity index is 956. The van der Waals surface area contributed by atoms with E-state index in [0.717, 1.165) is 5.69 Å². The lowest BCUT2D eigenvalue weighted by molar-refractivity contribution is 0.323. The van der Waals surface area contributed by atoms with E-state index in [2.05, 4.69) is 15.0 Å². The molecule has 0 aliphatic carbocycles. The van der Waals surface area contributed by atoms with Crippen LogP contribution >= 0.6 is 0 Å². The van der Waals surface area contributed by atoms with Crippen LogP contribution in [-0.2, 0) is 0 Å². The molecule has 0 aliphatic heterocycles. The van der Waals surface area contributed by atoms with Gasteiger partial charge in [0.1, 0.15) is 0 Å². The number of aromatic nitrogens is 2.